The van der Waals surface area contributed by atoms with E-state index in [1.807, 2.05) is 64.1 Å². The molecule has 0 spiro atoms. The average Bonchev–Trinajstić information content (AvgIpc) is 2.64. The van der Waals surface area contributed by atoms with Crippen LogP contribution in [-0.2, 0) is 9.59 Å². The van der Waals surface area contributed by atoms with Crippen molar-refractivity contribution in [3.8, 4) is 0 Å². The van der Waals surface area contributed by atoms with E-state index in [9.17, 15) is 9.59 Å². The number of benzene rings is 2. The maximum Gasteiger partial charge on any atom is 0.238 e. The molecule has 3 rings (SSSR count). The Morgan fingerprint density at radius 3 is 2.50 bits per heavy atom. The molecule has 1 fully saturated rings. The van der Waals surface area contributed by atoms with Gasteiger partial charge in [0.1, 0.15) is 5.25 Å². The summed E-state index contributed by atoms with van der Waals surface area (Å²) < 4.78 is 0. The van der Waals surface area contributed by atoms with E-state index in [1.54, 1.807) is 7.05 Å². The van der Waals surface area contributed by atoms with Gasteiger partial charge in [0.25, 0.3) is 0 Å². The van der Waals surface area contributed by atoms with Gasteiger partial charge in [-0.2, -0.15) is 0 Å². The molecule has 146 valence electrons. The van der Waals surface area contributed by atoms with Gasteiger partial charge < -0.3 is 5.32 Å². The highest BCUT2D eigenvalue weighted by molar-refractivity contribution is 8.15. The summed E-state index contributed by atoms with van der Waals surface area (Å²) in [4.78, 5) is 31.4. The van der Waals surface area contributed by atoms with Crippen LogP contribution in [0.1, 0.15) is 28.7 Å². The van der Waals surface area contributed by atoms with Crippen LogP contribution in [0.15, 0.2) is 41.4 Å². The molecule has 1 atom stereocenters. The van der Waals surface area contributed by atoms with Crippen LogP contribution in [0.5, 0.6) is 0 Å². The maximum absolute atomic E-state index is 12.8. The molecule has 2 aromatic rings. The molecule has 5 nitrogen and oxygen atoms in total. The number of rotatable bonds is 3. The first-order valence-electron chi connectivity index (χ1n) is 9.22. The molecule has 0 bridgehead atoms. The van der Waals surface area contributed by atoms with Crippen LogP contribution >= 0.6 is 11.8 Å². The Balaban J connectivity index is 1.81. The minimum absolute atomic E-state index is 0.109. The number of thioether (sulfide) groups is 1. The third-order valence-corrected chi connectivity index (χ3v) is 6.16. The topological polar surface area (TPSA) is 61.8 Å². The monoisotopic (exact) mass is 395 g/mol. The first-order valence-corrected chi connectivity index (χ1v) is 10.1. The van der Waals surface area contributed by atoms with E-state index in [2.05, 4.69) is 10.3 Å². The SMILES string of the molecule is Cc1ccc(NC(=O)C2CC(=O)N(C)C(=Nc3ccc(C)c(C)c3)S2)c(C)c1. The number of aryl methyl sites for hydroxylation is 4. The third kappa shape index (κ3) is 4.44. The molecule has 1 aliphatic heterocycles. The molecule has 0 saturated carbocycles. The van der Waals surface area contributed by atoms with Gasteiger partial charge in [0, 0.05) is 19.2 Å². The molecule has 0 aromatic heterocycles. The van der Waals surface area contributed by atoms with E-state index in [0.717, 1.165) is 28.1 Å². The predicted molar refractivity (Wildman–Crippen MR) is 116 cm³/mol. The molecule has 1 N–H and O–H groups in total. The Morgan fingerprint density at radius 2 is 1.82 bits per heavy atom. The molecule has 1 saturated heterocycles. The highest BCUT2D eigenvalue weighted by atomic mass is 32.2. The van der Waals surface area contributed by atoms with E-state index in [0.29, 0.717) is 5.17 Å². The maximum atomic E-state index is 12.8. The van der Waals surface area contributed by atoms with Gasteiger partial charge in [0.05, 0.1) is 5.69 Å². The molecule has 1 aliphatic rings. The zero-order valence-electron chi connectivity index (χ0n) is 16.9. The Morgan fingerprint density at radius 1 is 1.07 bits per heavy atom. The molecule has 6 heteroatoms. The molecule has 28 heavy (non-hydrogen) atoms. The summed E-state index contributed by atoms with van der Waals surface area (Å²) in [6.45, 7) is 8.05. The number of carbonyl (C=O) groups is 2. The highest BCUT2D eigenvalue weighted by Crippen LogP contribution is 2.30. The zero-order chi connectivity index (χ0) is 20.4. The number of amides is 2. The van der Waals surface area contributed by atoms with Crippen molar-refractivity contribution in [1.82, 2.24) is 4.90 Å². The summed E-state index contributed by atoms with van der Waals surface area (Å²) in [5.41, 5.74) is 6.02. The number of amidine groups is 1. The second-order valence-corrected chi connectivity index (χ2v) is 8.40. The summed E-state index contributed by atoms with van der Waals surface area (Å²) in [7, 11) is 1.70. The Labute approximate surface area is 170 Å². The van der Waals surface area contributed by atoms with Crippen molar-refractivity contribution >= 4 is 40.1 Å². The average molecular weight is 396 g/mol. The lowest BCUT2D eigenvalue weighted by molar-refractivity contribution is -0.128. The number of aliphatic imine (C=N–C) groups is 1. The standard InChI is InChI=1S/C22H25N3O2S/c1-13-6-9-18(16(4)10-13)24-21(27)19-12-20(26)25(5)22(28-19)23-17-8-7-14(2)15(3)11-17/h6-11,19H,12H2,1-5H3,(H,24,27). The van der Waals surface area contributed by atoms with Crippen molar-refractivity contribution in [1.29, 1.82) is 0 Å². The zero-order valence-corrected chi connectivity index (χ0v) is 17.7. The second-order valence-electron chi connectivity index (χ2n) is 7.23. The fourth-order valence-corrected chi connectivity index (χ4v) is 4.03. The Kier molecular flexibility index (Phi) is 5.89. The van der Waals surface area contributed by atoms with E-state index in [1.165, 1.54) is 22.2 Å². The molecule has 1 unspecified atom stereocenters. The second kappa shape index (κ2) is 8.19. The summed E-state index contributed by atoms with van der Waals surface area (Å²) in [6, 6.07) is 11.8. The van der Waals surface area contributed by atoms with Crippen LogP contribution in [0.2, 0.25) is 0 Å². The lowest BCUT2D eigenvalue weighted by Gasteiger charge is -2.29. The van der Waals surface area contributed by atoms with Gasteiger partial charge in [-0.25, -0.2) is 4.99 Å². The lowest BCUT2D eigenvalue weighted by Crippen LogP contribution is -2.43. The van der Waals surface area contributed by atoms with Crippen LogP contribution in [0, 0.1) is 27.7 Å². The van der Waals surface area contributed by atoms with E-state index < -0.39 is 5.25 Å². The minimum Gasteiger partial charge on any atom is -0.325 e. The number of carbonyl (C=O) groups excluding carboxylic acids is 2. The normalized spacial score (nSPS) is 18.5. The fourth-order valence-electron chi connectivity index (χ4n) is 2.97. The van der Waals surface area contributed by atoms with Crippen molar-refractivity contribution in [2.75, 3.05) is 12.4 Å². The van der Waals surface area contributed by atoms with E-state index in [-0.39, 0.29) is 18.2 Å². The molecule has 2 amide bonds. The largest absolute Gasteiger partial charge is 0.325 e. The van der Waals surface area contributed by atoms with Gasteiger partial charge in [-0.05, 0) is 62.6 Å². The van der Waals surface area contributed by atoms with Gasteiger partial charge in [0.15, 0.2) is 5.17 Å². The molecular weight excluding hydrogens is 370 g/mol. The molecule has 2 aromatic carbocycles. The first-order chi connectivity index (χ1) is 13.2. The van der Waals surface area contributed by atoms with Crippen molar-refractivity contribution in [3.63, 3.8) is 0 Å². The number of hydrogen-bond donors (Lipinski definition) is 1. The molecular formula is C22H25N3O2S. The van der Waals surface area contributed by atoms with Gasteiger partial charge >= 0.3 is 0 Å². The summed E-state index contributed by atoms with van der Waals surface area (Å²) >= 11 is 1.33. The van der Waals surface area contributed by atoms with Crippen molar-refractivity contribution in [3.05, 3.63) is 58.7 Å². The third-order valence-electron chi connectivity index (χ3n) is 4.92. The Bertz CT molecular complexity index is 968. The van der Waals surface area contributed by atoms with Crippen LogP contribution in [-0.4, -0.2) is 34.2 Å². The van der Waals surface area contributed by atoms with Gasteiger partial charge in [-0.1, -0.05) is 35.5 Å². The number of anilines is 1. The fraction of sp³-hybridized carbons (Fsp3) is 0.318. The predicted octanol–water partition coefficient (Wildman–Crippen LogP) is 4.51. The van der Waals surface area contributed by atoms with Crippen molar-refractivity contribution < 1.29 is 9.59 Å². The molecule has 0 aliphatic carbocycles. The van der Waals surface area contributed by atoms with Gasteiger partial charge in [0.2, 0.25) is 11.8 Å². The number of nitrogens with zero attached hydrogens (tertiary/aromatic N) is 2. The van der Waals surface area contributed by atoms with Gasteiger partial charge in [-0.3, -0.25) is 14.5 Å². The van der Waals surface area contributed by atoms with Gasteiger partial charge in [-0.15, -0.1) is 0 Å². The smallest absolute Gasteiger partial charge is 0.238 e. The molecule has 0 radical (unpaired) electrons. The quantitative estimate of drug-likeness (QED) is 0.832. The summed E-state index contributed by atoms with van der Waals surface area (Å²) in [5, 5.41) is 3.00. The number of hydrogen-bond acceptors (Lipinski definition) is 4. The summed E-state index contributed by atoms with van der Waals surface area (Å²) in [6.07, 6.45) is 0.157. The van der Waals surface area contributed by atoms with Crippen LogP contribution in [0.4, 0.5) is 11.4 Å². The minimum atomic E-state index is -0.505. The van der Waals surface area contributed by atoms with Crippen LogP contribution in [0.3, 0.4) is 0 Å². The van der Waals surface area contributed by atoms with Crippen LogP contribution in [0.25, 0.3) is 0 Å². The molecule has 1 heterocycles. The van der Waals surface area contributed by atoms with Crippen LogP contribution < -0.4 is 5.32 Å². The Hall–Kier alpha value is -2.60. The van der Waals surface area contributed by atoms with Crippen molar-refractivity contribution in [2.24, 2.45) is 4.99 Å². The van der Waals surface area contributed by atoms with E-state index >= 15 is 0 Å². The van der Waals surface area contributed by atoms with Crippen molar-refractivity contribution in [2.45, 2.75) is 39.4 Å². The highest BCUT2D eigenvalue weighted by Gasteiger charge is 2.34. The lowest BCUT2D eigenvalue weighted by atomic mass is 10.1. The first kappa shape index (κ1) is 20.1. The van der Waals surface area contributed by atoms with E-state index in [4.69, 9.17) is 0 Å². The summed E-state index contributed by atoms with van der Waals surface area (Å²) in [5.74, 6) is -0.284. The number of nitrogens with one attached hydrogen (secondary N) is 1.